The maximum atomic E-state index is 12.9. The van der Waals surface area contributed by atoms with Crippen LogP contribution >= 0.6 is 0 Å². The Morgan fingerprint density at radius 2 is 1.68 bits per heavy atom. The van der Waals surface area contributed by atoms with Gasteiger partial charge in [-0.05, 0) is 35.4 Å². The Kier molecular flexibility index (Phi) is 5.04. The number of carboxylic acid groups (broad SMARTS) is 1. The van der Waals surface area contributed by atoms with Crippen LogP contribution in [0.4, 0.5) is 5.69 Å². The molecule has 0 saturated heterocycles. The first kappa shape index (κ1) is 20.9. The molecule has 1 heterocycles. The van der Waals surface area contributed by atoms with E-state index in [4.69, 9.17) is 0 Å². The summed E-state index contributed by atoms with van der Waals surface area (Å²) in [6.07, 6.45) is 3.04. The van der Waals surface area contributed by atoms with Crippen molar-refractivity contribution < 1.29 is 19.5 Å². The number of aliphatic carboxylic acids is 1. The van der Waals surface area contributed by atoms with E-state index in [0.29, 0.717) is 27.9 Å². The van der Waals surface area contributed by atoms with Crippen molar-refractivity contribution in [1.29, 1.82) is 5.26 Å². The minimum Gasteiger partial charge on any atom is -0.480 e. The lowest BCUT2D eigenvalue weighted by atomic mass is 10.1. The molecule has 1 aliphatic rings. The van der Waals surface area contributed by atoms with Gasteiger partial charge in [0.05, 0.1) is 0 Å². The van der Waals surface area contributed by atoms with Gasteiger partial charge < -0.3 is 15.0 Å². The molecule has 0 fully saturated rings. The number of nitriles is 1. The van der Waals surface area contributed by atoms with Crippen molar-refractivity contribution in [3.05, 3.63) is 95.2 Å². The zero-order valence-corrected chi connectivity index (χ0v) is 17.8. The predicted molar refractivity (Wildman–Crippen MR) is 127 cm³/mol. The Labute approximate surface area is 194 Å². The molecule has 4 aromatic rings. The molecular weight excluding hydrogens is 430 g/mol. The highest BCUT2D eigenvalue weighted by Gasteiger charge is 2.26. The van der Waals surface area contributed by atoms with Crippen LogP contribution < -0.4 is 5.32 Å². The molecule has 2 N–H and O–H groups in total. The van der Waals surface area contributed by atoms with Crippen LogP contribution in [0.25, 0.3) is 28.1 Å². The maximum absolute atomic E-state index is 12.9. The Balaban J connectivity index is 1.45. The van der Waals surface area contributed by atoms with Gasteiger partial charge in [0.15, 0.2) is 5.78 Å². The second-order valence-corrected chi connectivity index (χ2v) is 7.88. The number of carbonyl (C=O) groups is 3. The van der Waals surface area contributed by atoms with Crippen LogP contribution in [0.3, 0.4) is 0 Å². The van der Waals surface area contributed by atoms with Crippen molar-refractivity contribution in [2.45, 2.75) is 6.54 Å². The highest BCUT2D eigenvalue weighted by atomic mass is 16.4. The molecule has 0 unspecified atom stereocenters. The number of para-hydroxylation sites is 1. The summed E-state index contributed by atoms with van der Waals surface area (Å²) in [5.74, 6) is -1.73. The van der Waals surface area contributed by atoms with E-state index in [0.717, 1.165) is 16.5 Å². The molecule has 0 radical (unpaired) electrons. The number of aromatic nitrogens is 1. The van der Waals surface area contributed by atoms with E-state index in [9.17, 15) is 24.8 Å². The molecule has 7 heteroatoms. The van der Waals surface area contributed by atoms with Crippen LogP contribution in [0.15, 0.2) is 78.5 Å². The molecule has 3 aromatic carbocycles. The third kappa shape index (κ3) is 3.53. The van der Waals surface area contributed by atoms with Gasteiger partial charge >= 0.3 is 5.97 Å². The average Bonchev–Trinajstić information content (AvgIpc) is 3.32. The molecule has 0 spiro atoms. The zero-order valence-electron chi connectivity index (χ0n) is 17.8. The molecule has 7 nitrogen and oxygen atoms in total. The van der Waals surface area contributed by atoms with Crippen LogP contribution in [0.1, 0.15) is 21.5 Å². The molecule has 0 aliphatic heterocycles. The van der Waals surface area contributed by atoms with E-state index in [1.54, 1.807) is 59.3 Å². The number of carboxylic acids is 1. The molecule has 164 valence electrons. The molecule has 5 rings (SSSR count). The van der Waals surface area contributed by atoms with Gasteiger partial charge in [-0.15, -0.1) is 0 Å². The quantitative estimate of drug-likeness (QED) is 0.305. The number of amides is 1. The second-order valence-electron chi connectivity index (χ2n) is 7.88. The van der Waals surface area contributed by atoms with Gasteiger partial charge in [0, 0.05) is 39.5 Å². The minimum atomic E-state index is -0.997. The number of benzene rings is 3. The third-order valence-corrected chi connectivity index (χ3v) is 5.77. The van der Waals surface area contributed by atoms with Crippen LogP contribution in [0.5, 0.6) is 0 Å². The summed E-state index contributed by atoms with van der Waals surface area (Å²) in [5, 5.41) is 22.2. The molecule has 0 saturated carbocycles. The second kappa shape index (κ2) is 8.19. The van der Waals surface area contributed by atoms with Gasteiger partial charge in [-0.25, -0.2) is 0 Å². The number of nitrogens with zero attached hydrogens (tertiary/aromatic N) is 2. The average molecular weight is 447 g/mol. The maximum Gasteiger partial charge on any atom is 0.323 e. The molecule has 34 heavy (non-hydrogen) atoms. The number of ketones is 1. The molecule has 0 bridgehead atoms. The Hall–Kier alpha value is -4.96. The molecular formula is C27H17N3O4. The van der Waals surface area contributed by atoms with Gasteiger partial charge in [-0.2, -0.15) is 5.26 Å². The molecule has 1 aromatic heterocycles. The van der Waals surface area contributed by atoms with Crippen molar-refractivity contribution in [2.75, 3.05) is 5.32 Å². The highest BCUT2D eigenvalue weighted by molar-refractivity contribution is 6.22. The lowest BCUT2D eigenvalue weighted by molar-refractivity contribution is -0.137. The Morgan fingerprint density at radius 1 is 0.971 bits per heavy atom. The number of nitrogens with one attached hydrogen (secondary N) is 1. The van der Waals surface area contributed by atoms with E-state index in [2.05, 4.69) is 5.32 Å². The van der Waals surface area contributed by atoms with Crippen LogP contribution in [-0.2, 0) is 16.1 Å². The summed E-state index contributed by atoms with van der Waals surface area (Å²) in [6.45, 7) is -0.242. The SMILES string of the molecule is N#C/C(=C\c1cn(CC(=O)O)c2ccccc12)C(=O)Nc1ccc2c(c1)C(=O)c1ccccc1-2. The Bertz CT molecular complexity index is 1590. The molecule has 1 aliphatic carbocycles. The summed E-state index contributed by atoms with van der Waals surface area (Å²) < 4.78 is 1.56. The van der Waals surface area contributed by atoms with Gasteiger partial charge in [0.2, 0.25) is 0 Å². The third-order valence-electron chi connectivity index (χ3n) is 5.77. The summed E-state index contributed by atoms with van der Waals surface area (Å²) in [7, 11) is 0. The molecule has 1 amide bonds. The number of hydrogen-bond donors (Lipinski definition) is 2. The number of fused-ring (bicyclic) bond motifs is 4. The van der Waals surface area contributed by atoms with E-state index in [1.165, 1.54) is 6.08 Å². The summed E-state index contributed by atoms with van der Waals surface area (Å²) in [6, 6.07) is 21.5. The number of anilines is 1. The zero-order chi connectivity index (χ0) is 23.8. The summed E-state index contributed by atoms with van der Waals surface area (Å²) in [5.41, 5.74) is 4.28. The number of rotatable bonds is 5. The minimum absolute atomic E-state index is 0.107. The van der Waals surface area contributed by atoms with Crippen molar-refractivity contribution in [3.8, 4) is 17.2 Å². The van der Waals surface area contributed by atoms with Gasteiger partial charge in [0.1, 0.15) is 18.2 Å². The van der Waals surface area contributed by atoms with Gasteiger partial charge in [-0.1, -0.05) is 48.5 Å². The monoisotopic (exact) mass is 447 g/mol. The Morgan fingerprint density at radius 3 is 2.44 bits per heavy atom. The topological polar surface area (TPSA) is 112 Å². The van der Waals surface area contributed by atoms with Crippen molar-refractivity contribution in [1.82, 2.24) is 4.57 Å². The lowest BCUT2D eigenvalue weighted by Gasteiger charge is -2.07. The fourth-order valence-corrected chi connectivity index (χ4v) is 4.28. The summed E-state index contributed by atoms with van der Waals surface area (Å²) in [4.78, 5) is 36.8. The van der Waals surface area contributed by atoms with Gasteiger partial charge in [0.25, 0.3) is 5.91 Å². The highest BCUT2D eigenvalue weighted by Crippen LogP contribution is 2.37. The van der Waals surface area contributed by atoms with Crippen LogP contribution in [0.2, 0.25) is 0 Å². The standard InChI is InChI=1S/C27H17N3O4/c28-13-16(11-17-14-30(15-25(31)32)24-8-4-3-5-19(17)24)27(34)29-18-9-10-21-20-6-1-2-7-22(20)26(33)23(21)12-18/h1-12,14H,15H2,(H,29,34)(H,31,32)/b16-11+. The summed E-state index contributed by atoms with van der Waals surface area (Å²) >= 11 is 0. The first-order chi connectivity index (χ1) is 16.5. The van der Waals surface area contributed by atoms with Crippen molar-refractivity contribution >= 4 is 40.3 Å². The van der Waals surface area contributed by atoms with Gasteiger partial charge in [-0.3, -0.25) is 14.4 Å². The molecule has 0 atom stereocenters. The fourth-order valence-electron chi connectivity index (χ4n) is 4.28. The smallest absolute Gasteiger partial charge is 0.323 e. The normalized spacial score (nSPS) is 12.2. The van der Waals surface area contributed by atoms with Crippen molar-refractivity contribution in [3.63, 3.8) is 0 Å². The largest absolute Gasteiger partial charge is 0.480 e. The predicted octanol–water partition coefficient (Wildman–Crippen LogP) is 4.48. The van der Waals surface area contributed by atoms with E-state index < -0.39 is 11.9 Å². The lowest BCUT2D eigenvalue weighted by Crippen LogP contribution is -2.13. The van der Waals surface area contributed by atoms with E-state index in [1.807, 2.05) is 24.3 Å². The van der Waals surface area contributed by atoms with Crippen LogP contribution in [0, 0.1) is 11.3 Å². The van der Waals surface area contributed by atoms with Crippen LogP contribution in [-0.4, -0.2) is 27.3 Å². The number of hydrogen-bond acceptors (Lipinski definition) is 4. The fraction of sp³-hybridized carbons (Fsp3) is 0.0370. The van der Waals surface area contributed by atoms with E-state index in [-0.39, 0.29) is 17.9 Å². The first-order valence-corrected chi connectivity index (χ1v) is 10.5. The van der Waals surface area contributed by atoms with Crippen molar-refractivity contribution in [2.24, 2.45) is 0 Å². The number of carbonyl (C=O) groups excluding carboxylic acids is 2. The van der Waals surface area contributed by atoms with E-state index >= 15 is 0 Å². The first-order valence-electron chi connectivity index (χ1n) is 10.5.